The van der Waals surface area contributed by atoms with Crippen molar-refractivity contribution in [1.29, 1.82) is 0 Å². The van der Waals surface area contributed by atoms with Crippen LogP contribution < -0.4 is 16.0 Å². The molecule has 2 heterocycles. The lowest BCUT2D eigenvalue weighted by molar-refractivity contribution is 0.0955. The summed E-state index contributed by atoms with van der Waals surface area (Å²) in [6.07, 6.45) is 1.01. The summed E-state index contributed by atoms with van der Waals surface area (Å²) in [7, 11) is 1.95. The lowest BCUT2D eigenvalue weighted by atomic mass is 10.4. The van der Waals surface area contributed by atoms with Gasteiger partial charge in [-0.3, -0.25) is 4.79 Å². The zero-order valence-corrected chi connectivity index (χ0v) is 14.0. The molecule has 21 heavy (non-hydrogen) atoms. The molecule has 0 aliphatic carbocycles. The molecule has 8 heteroatoms. The van der Waals surface area contributed by atoms with E-state index in [0.717, 1.165) is 28.8 Å². The molecular weight excluding hydrogens is 306 g/mol. The fourth-order valence-electron chi connectivity index (χ4n) is 1.80. The number of hydrogen-bond donors (Lipinski definition) is 2. The van der Waals surface area contributed by atoms with E-state index in [4.69, 9.17) is 5.73 Å². The third-order valence-electron chi connectivity index (χ3n) is 2.80. The van der Waals surface area contributed by atoms with Gasteiger partial charge in [0, 0.05) is 24.7 Å². The van der Waals surface area contributed by atoms with Gasteiger partial charge < -0.3 is 16.0 Å². The largest absolute Gasteiger partial charge is 0.382 e. The van der Waals surface area contributed by atoms with Gasteiger partial charge in [0.15, 0.2) is 5.13 Å². The molecule has 0 atom stereocenters. The molecule has 2 rings (SSSR count). The molecule has 0 saturated carbocycles. The van der Waals surface area contributed by atoms with Gasteiger partial charge in [-0.05, 0) is 13.3 Å². The Morgan fingerprint density at radius 1 is 1.48 bits per heavy atom. The molecule has 2 aromatic heterocycles. The number of carbonyl (C=O) groups is 1. The van der Waals surface area contributed by atoms with Crippen LogP contribution in [0.1, 0.15) is 33.7 Å². The van der Waals surface area contributed by atoms with Crippen LogP contribution in [0.4, 0.5) is 10.9 Å². The minimum Gasteiger partial charge on any atom is -0.382 e. The zero-order valence-electron chi connectivity index (χ0n) is 12.3. The van der Waals surface area contributed by atoms with Crippen LogP contribution >= 0.6 is 22.7 Å². The lowest BCUT2D eigenvalue weighted by Gasteiger charge is -2.13. The molecule has 0 saturated heterocycles. The van der Waals surface area contributed by atoms with Gasteiger partial charge in [0.25, 0.3) is 5.91 Å². The number of nitrogens with two attached hydrogens (primary N) is 1. The summed E-state index contributed by atoms with van der Waals surface area (Å²) in [5, 5.41) is 6.44. The second-order valence-corrected chi connectivity index (χ2v) is 6.62. The van der Waals surface area contributed by atoms with Crippen molar-refractivity contribution in [1.82, 2.24) is 15.3 Å². The van der Waals surface area contributed by atoms with Crippen molar-refractivity contribution in [2.75, 3.05) is 24.2 Å². The number of carbonyl (C=O) groups excluding carboxylic acids is 1. The molecule has 0 aliphatic heterocycles. The Kier molecular flexibility index (Phi) is 5.13. The molecule has 2 aromatic rings. The van der Waals surface area contributed by atoms with Crippen LogP contribution in [0.5, 0.6) is 0 Å². The fourth-order valence-corrected chi connectivity index (χ4v) is 3.40. The highest BCUT2D eigenvalue weighted by Crippen LogP contribution is 2.27. The van der Waals surface area contributed by atoms with Crippen molar-refractivity contribution >= 4 is 39.5 Å². The Labute approximate surface area is 132 Å². The standard InChI is InChI=1S/C13H19N5OS2/c1-4-5-18(3)13-17-11(14)10(21-13)12(19)15-6-9-16-8(2)7-20-9/h7H,4-6,14H2,1-3H3,(H,15,19). The Bertz CT molecular complexity index is 622. The number of nitrogens with one attached hydrogen (secondary N) is 1. The van der Waals surface area contributed by atoms with E-state index in [-0.39, 0.29) is 11.7 Å². The third-order valence-corrected chi connectivity index (χ3v) is 4.95. The predicted molar refractivity (Wildman–Crippen MR) is 88.1 cm³/mol. The second-order valence-electron chi connectivity index (χ2n) is 4.70. The Morgan fingerprint density at radius 2 is 2.24 bits per heavy atom. The van der Waals surface area contributed by atoms with Gasteiger partial charge in [0.05, 0.1) is 6.54 Å². The second kappa shape index (κ2) is 6.86. The highest BCUT2D eigenvalue weighted by Gasteiger charge is 2.18. The Morgan fingerprint density at radius 3 is 2.86 bits per heavy atom. The van der Waals surface area contributed by atoms with Gasteiger partial charge in [0.1, 0.15) is 15.7 Å². The van der Waals surface area contributed by atoms with Crippen molar-refractivity contribution in [3.8, 4) is 0 Å². The summed E-state index contributed by atoms with van der Waals surface area (Å²) in [4.78, 5) is 23.2. The van der Waals surface area contributed by atoms with E-state index in [0.29, 0.717) is 11.4 Å². The van der Waals surface area contributed by atoms with Gasteiger partial charge in [-0.2, -0.15) is 0 Å². The number of hydrogen-bond acceptors (Lipinski definition) is 7. The number of thiazole rings is 2. The van der Waals surface area contributed by atoms with Crippen LogP contribution in [0.3, 0.4) is 0 Å². The van der Waals surface area contributed by atoms with Crippen LogP contribution in [-0.4, -0.2) is 29.5 Å². The Balaban J connectivity index is 2.02. The van der Waals surface area contributed by atoms with E-state index in [1.165, 1.54) is 22.7 Å². The normalized spacial score (nSPS) is 10.6. The van der Waals surface area contributed by atoms with Gasteiger partial charge in [-0.25, -0.2) is 9.97 Å². The number of aryl methyl sites for hydroxylation is 1. The summed E-state index contributed by atoms with van der Waals surface area (Å²) in [6.45, 7) is 5.32. The average Bonchev–Trinajstić information content (AvgIpc) is 3.02. The van der Waals surface area contributed by atoms with E-state index in [1.54, 1.807) is 0 Å². The molecule has 0 fully saturated rings. The van der Waals surface area contributed by atoms with E-state index < -0.39 is 0 Å². The topological polar surface area (TPSA) is 84.1 Å². The van der Waals surface area contributed by atoms with Crippen molar-refractivity contribution in [3.63, 3.8) is 0 Å². The SMILES string of the molecule is CCCN(C)c1nc(N)c(C(=O)NCc2nc(C)cs2)s1. The number of nitrogens with zero attached hydrogens (tertiary/aromatic N) is 3. The number of anilines is 2. The summed E-state index contributed by atoms with van der Waals surface area (Å²) >= 11 is 2.85. The van der Waals surface area contributed by atoms with Crippen molar-refractivity contribution in [3.05, 3.63) is 21.0 Å². The minimum absolute atomic E-state index is 0.200. The summed E-state index contributed by atoms with van der Waals surface area (Å²) in [5.41, 5.74) is 6.81. The molecule has 0 spiro atoms. The van der Waals surface area contributed by atoms with Crippen LogP contribution in [-0.2, 0) is 6.54 Å². The summed E-state index contributed by atoms with van der Waals surface area (Å²) in [6, 6.07) is 0. The highest BCUT2D eigenvalue weighted by atomic mass is 32.1. The quantitative estimate of drug-likeness (QED) is 0.851. The fraction of sp³-hybridized carbons (Fsp3) is 0.462. The van der Waals surface area contributed by atoms with Crippen LogP contribution in [0, 0.1) is 6.92 Å². The molecule has 0 radical (unpaired) electrons. The number of rotatable bonds is 6. The van der Waals surface area contributed by atoms with Crippen molar-refractivity contribution < 1.29 is 4.79 Å². The van der Waals surface area contributed by atoms with Gasteiger partial charge in [-0.1, -0.05) is 18.3 Å². The predicted octanol–water partition coefficient (Wildman–Crippen LogP) is 2.27. The first-order chi connectivity index (χ1) is 10.0. The molecule has 0 bridgehead atoms. The Hall–Kier alpha value is -1.67. The lowest BCUT2D eigenvalue weighted by Crippen LogP contribution is -2.22. The number of nitrogen functional groups attached to an aromatic ring is 1. The molecule has 0 aliphatic rings. The third kappa shape index (κ3) is 3.92. The van der Waals surface area contributed by atoms with Crippen molar-refractivity contribution in [2.24, 2.45) is 0 Å². The minimum atomic E-state index is -0.200. The van der Waals surface area contributed by atoms with Crippen LogP contribution in [0.15, 0.2) is 5.38 Å². The molecule has 1 amide bonds. The smallest absolute Gasteiger partial charge is 0.265 e. The maximum Gasteiger partial charge on any atom is 0.265 e. The average molecular weight is 325 g/mol. The summed E-state index contributed by atoms with van der Waals surface area (Å²) in [5.74, 6) is 0.0831. The number of aromatic nitrogens is 2. The maximum absolute atomic E-state index is 12.2. The molecular formula is C13H19N5OS2. The molecule has 3 N–H and O–H groups in total. The zero-order chi connectivity index (χ0) is 15.4. The highest BCUT2D eigenvalue weighted by molar-refractivity contribution is 7.18. The maximum atomic E-state index is 12.2. The van der Waals surface area contributed by atoms with Gasteiger partial charge >= 0.3 is 0 Å². The number of amides is 1. The first-order valence-electron chi connectivity index (χ1n) is 6.68. The van der Waals surface area contributed by atoms with Gasteiger partial charge in [0.2, 0.25) is 0 Å². The van der Waals surface area contributed by atoms with E-state index in [1.807, 2.05) is 24.3 Å². The molecule has 114 valence electrons. The van der Waals surface area contributed by atoms with Gasteiger partial charge in [-0.15, -0.1) is 11.3 Å². The van der Waals surface area contributed by atoms with Crippen LogP contribution in [0.25, 0.3) is 0 Å². The summed E-state index contributed by atoms with van der Waals surface area (Å²) < 4.78 is 0. The molecule has 6 nitrogen and oxygen atoms in total. The van der Waals surface area contributed by atoms with Crippen molar-refractivity contribution in [2.45, 2.75) is 26.8 Å². The molecule has 0 unspecified atom stereocenters. The monoisotopic (exact) mass is 325 g/mol. The van der Waals surface area contributed by atoms with E-state index in [9.17, 15) is 4.79 Å². The first kappa shape index (κ1) is 15.7. The van der Waals surface area contributed by atoms with E-state index >= 15 is 0 Å². The molecule has 0 aromatic carbocycles. The van der Waals surface area contributed by atoms with Crippen LogP contribution in [0.2, 0.25) is 0 Å². The van der Waals surface area contributed by atoms with E-state index in [2.05, 4.69) is 22.2 Å². The first-order valence-corrected chi connectivity index (χ1v) is 8.37.